The van der Waals surface area contributed by atoms with Gasteiger partial charge in [0.05, 0.1) is 18.8 Å². The van der Waals surface area contributed by atoms with Crippen LogP contribution in [0.5, 0.6) is 0 Å². The zero-order valence-electron chi connectivity index (χ0n) is 18.8. The SMILES string of the molecule is BC1(C(C)CC)CCCCC2C(CCC(C)(I)C1)CC1(COC1)N2C(C)C. The third kappa shape index (κ3) is 4.58. The average Bonchev–Trinajstić information content (AvgIpc) is 2.89. The zero-order chi connectivity index (χ0) is 19.9. The Morgan fingerprint density at radius 2 is 1.85 bits per heavy atom. The quantitative estimate of drug-likeness (QED) is 0.291. The standard InChI is InChI=1S/C23H43BINO/c1-6-18(4)23(24)11-8-7-9-20-19(10-12-21(5,25)14-23)13-22(15-27-16-22)26(20)17(2)3/h17-20H,6-16,24H2,1-5H3. The number of halogens is 1. The van der Waals surface area contributed by atoms with E-state index >= 15 is 0 Å². The number of rotatable bonds is 3. The van der Waals surface area contributed by atoms with Crippen molar-refractivity contribution >= 4 is 30.4 Å². The van der Waals surface area contributed by atoms with E-state index in [0.29, 0.717) is 20.3 Å². The van der Waals surface area contributed by atoms with Crippen LogP contribution in [0.2, 0.25) is 5.31 Å². The van der Waals surface area contributed by atoms with Crippen LogP contribution in [0.15, 0.2) is 0 Å². The van der Waals surface area contributed by atoms with Gasteiger partial charge in [-0.15, -0.1) is 0 Å². The lowest BCUT2D eigenvalue weighted by atomic mass is 9.54. The van der Waals surface area contributed by atoms with Crippen LogP contribution in [-0.4, -0.2) is 47.0 Å². The summed E-state index contributed by atoms with van der Waals surface area (Å²) in [6, 6.07) is 1.43. The Bertz CT molecular complexity index is 507. The van der Waals surface area contributed by atoms with Crippen molar-refractivity contribution < 1.29 is 4.74 Å². The molecule has 3 aliphatic rings. The maximum absolute atomic E-state index is 5.74. The molecule has 0 bridgehead atoms. The highest BCUT2D eigenvalue weighted by Crippen LogP contribution is 2.53. The number of fused-ring (bicyclic) bond motifs is 1. The molecule has 1 spiro atoms. The second-order valence-electron chi connectivity index (χ2n) is 11.1. The van der Waals surface area contributed by atoms with E-state index in [1.165, 1.54) is 57.8 Å². The van der Waals surface area contributed by atoms with Gasteiger partial charge in [-0.05, 0) is 57.8 Å². The van der Waals surface area contributed by atoms with Crippen LogP contribution < -0.4 is 0 Å². The highest BCUT2D eigenvalue weighted by molar-refractivity contribution is 14.1. The fourth-order valence-corrected chi connectivity index (χ4v) is 8.00. The van der Waals surface area contributed by atoms with Crippen LogP contribution in [0, 0.1) is 11.8 Å². The summed E-state index contributed by atoms with van der Waals surface area (Å²) in [6.45, 7) is 14.2. The Kier molecular flexibility index (Phi) is 7.01. The summed E-state index contributed by atoms with van der Waals surface area (Å²) in [7, 11) is 2.60. The van der Waals surface area contributed by atoms with E-state index in [4.69, 9.17) is 4.74 Å². The van der Waals surface area contributed by atoms with Gasteiger partial charge in [0.1, 0.15) is 7.85 Å². The van der Waals surface area contributed by atoms with E-state index in [-0.39, 0.29) is 0 Å². The first kappa shape index (κ1) is 22.4. The maximum atomic E-state index is 5.74. The lowest BCUT2D eigenvalue weighted by molar-refractivity contribution is -0.141. The number of likely N-dealkylation sites (tertiary alicyclic amines) is 1. The van der Waals surface area contributed by atoms with E-state index in [0.717, 1.165) is 31.1 Å². The number of ether oxygens (including phenoxy) is 1. The Labute approximate surface area is 183 Å². The Balaban J connectivity index is 1.80. The Morgan fingerprint density at radius 3 is 2.41 bits per heavy atom. The summed E-state index contributed by atoms with van der Waals surface area (Å²) in [5.74, 6) is 1.70. The summed E-state index contributed by atoms with van der Waals surface area (Å²) in [5, 5.41) is 0.505. The topological polar surface area (TPSA) is 12.5 Å². The Hall–Kier alpha value is 0.715. The molecule has 2 saturated heterocycles. The molecular weight excluding hydrogens is 444 g/mol. The van der Waals surface area contributed by atoms with Crippen molar-refractivity contribution in [1.82, 2.24) is 4.90 Å². The van der Waals surface area contributed by atoms with Gasteiger partial charge >= 0.3 is 0 Å². The molecule has 1 aliphatic carbocycles. The summed E-state index contributed by atoms with van der Waals surface area (Å²) < 4.78 is 6.17. The van der Waals surface area contributed by atoms with Gasteiger partial charge in [-0.25, -0.2) is 0 Å². The van der Waals surface area contributed by atoms with Gasteiger partial charge in [0, 0.05) is 15.5 Å². The zero-order valence-corrected chi connectivity index (χ0v) is 21.0. The van der Waals surface area contributed by atoms with Gasteiger partial charge in [0.25, 0.3) is 0 Å². The molecule has 0 N–H and O–H groups in total. The van der Waals surface area contributed by atoms with Gasteiger partial charge in [0.15, 0.2) is 0 Å². The molecule has 5 unspecified atom stereocenters. The smallest absolute Gasteiger partial charge is 0.109 e. The highest BCUT2D eigenvalue weighted by Gasteiger charge is 2.56. The summed E-state index contributed by atoms with van der Waals surface area (Å²) in [6.07, 6.45) is 12.5. The van der Waals surface area contributed by atoms with Gasteiger partial charge in [-0.2, -0.15) is 0 Å². The van der Waals surface area contributed by atoms with Crippen LogP contribution in [0.25, 0.3) is 0 Å². The first-order valence-electron chi connectivity index (χ1n) is 11.7. The number of alkyl halides is 1. The molecule has 0 radical (unpaired) electrons. The predicted molar refractivity (Wildman–Crippen MR) is 128 cm³/mol. The van der Waals surface area contributed by atoms with E-state index < -0.39 is 0 Å². The minimum atomic E-state index is 0.376. The van der Waals surface area contributed by atoms with E-state index in [2.05, 4.69) is 70.0 Å². The molecule has 0 aromatic rings. The molecule has 0 amide bonds. The van der Waals surface area contributed by atoms with E-state index in [1.807, 2.05) is 0 Å². The van der Waals surface area contributed by atoms with Crippen LogP contribution in [0.3, 0.4) is 0 Å². The molecule has 156 valence electrons. The minimum Gasteiger partial charge on any atom is -0.377 e. The first-order valence-corrected chi connectivity index (χ1v) is 12.8. The second kappa shape index (κ2) is 8.45. The molecule has 0 aromatic heterocycles. The molecule has 2 nitrogen and oxygen atoms in total. The van der Waals surface area contributed by atoms with Crippen molar-refractivity contribution in [2.24, 2.45) is 11.8 Å². The highest BCUT2D eigenvalue weighted by atomic mass is 127. The predicted octanol–water partition coefficient (Wildman–Crippen LogP) is 5.63. The lowest BCUT2D eigenvalue weighted by Crippen LogP contribution is -2.62. The van der Waals surface area contributed by atoms with E-state index in [9.17, 15) is 0 Å². The second-order valence-corrected chi connectivity index (χ2v) is 13.7. The van der Waals surface area contributed by atoms with Crippen molar-refractivity contribution in [3.63, 3.8) is 0 Å². The molecular formula is C23H43BINO. The van der Waals surface area contributed by atoms with Crippen LogP contribution in [0.4, 0.5) is 0 Å². The molecule has 2 heterocycles. The largest absolute Gasteiger partial charge is 0.377 e. The van der Waals surface area contributed by atoms with Gasteiger partial charge in [-0.1, -0.05) is 74.4 Å². The maximum Gasteiger partial charge on any atom is 0.109 e. The van der Waals surface area contributed by atoms with Crippen LogP contribution >= 0.6 is 22.6 Å². The normalized spacial score (nSPS) is 41.7. The number of hydrogen-bond acceptors (Lipinski definition) is 2. The van der Waals surface area contributed by atoms with Crippen LogP contribution in [-0.2, 0) is 4.74 Å². The number of hydrogen-bond donors (Lipinski definition) is 0. The van der Waals surface area contributed by atoms with Crippen molar-refractivity contribution in [2.75, 3.05) is 13.2 Å². The molecule has 1 saturated carbocycles. The third-order valence-electron chi connectivity index (χ3n) is 8.50. The van der Waals surface area contributed by atoms with Crippen molar-refractivity contribution in [3.8, 4) is 0 Å². The summed E-state index contributed by atoms with van der Waals surface area (Å²) >= 11 is 2.82. The minimum absolute atomic E-state index is 0.376. The monoisotopic (exact) mass is 487 g/mol. The lowest BCUT2D eigenvalue weighted by Gasteiger charge is -2.49. The van der Waals surface area contributed by atoms with Gasteiger partial charge in [-0.3, -0.25) is 4.90 Å². The average molecular weight is 487 g/mol. The fraction of sp³-hybridized carbons (Fsp3) is 1.00. The van der Waals surface area contributed by atoms with Gasteiger partial charge < -0.3 is 4.74 Å². The van der Waals surface area contributed by atoms with Gasteiger partial charge in [0.2, 0.25) is 0 Å². The van der Waals surface area contributed by atoms with Crippen LogP contribution in [0.1, 0.15) is 92.4 Å². The third-order valence-corrected chi connectivity index (χ3v) is 9.42. The molecule has 3 fully saturated rings. The Morgan fingerprint density at radius 1 is 1.15 bits per heavy atom. The molecule has 5 atom stereocenters. The molecule has 0 aromatic carbocycles. The fourth-order valence-electron chi connectivity index (χ4n) is 6.81. The molecule has 3 rings (SSSR count). The summed E-state index contributed by atoms with van der Waals surface area (Å²) in [4.78, 5) is 2.90. The first-order chi connectivity index (χ1) is 12.6. The van der Waals surface area contributed by atoms with Crippen molar-refractivity contribution in [3.05, 3.63) is 0 Å². The molecule has 4 heteroatoms. The van der Waals surface area contributed by atoms with Crippen molar-refractivity contribution in [1.29, 1.82) is 0 Å². The van der Waals surface area contributed by atoms with Crippen molar-refractivity contribution in [2.45, 2.75) is 119 Å². The molecule has 27 heavy (non-hydrogen) atoms. The number of nitrogens with zero attached hydrogens (tertiary/aromatic N) is 1. The summed E-state index contributed by atoms with van der Waals surface area (Å²) in [5.41, 5.74) is 0.376. The molecule has 2 aliphatic heterocycles. The van der Waals surface area contributed by atoms with E-state index in [1.54, 1.807) is 0 Å².